The highest BCUT2D eigenvalue weighted by Crippen LogP contribution is 2.43. The minimum absolute atomic E-state index is 0.0552. The van der Waals surface area contributed by atoms with Crippen molar-refractivity contribution in [3.63, 3.8) is 0 Å². The van der Waals surface area contributed by atoms with Crippen molar-refractivity contribution >= 4 is 39.3 Å². The Hall–Kier alpha value is -3.98. The van der Waals surface area contributed by atoms with Crippen LogP contribution in [0.25, 0.3) is 11.0 Å². The van der Waals surface area contributed by atoms with Crippen LogP contribution in [0.3, 0.4) is 0 Å². The van der Waals surface area contributed by atoms with Gasteiger partial charge in [0.2, 0.25) is 5.76 Å². The van der Waals surface area contributed by atoms with Crippen LogP contribution in [0.4, 0.5) is 5.13 Å². The highest BCUT2D eigenvalue weighted by molar-refractivity contribution is 7.17. The van der Waals surface area contributed by atoms with E-state index in [4.69, 9.17) is 13.6 Å². The minimum atomic E-state index is -0.879. The second kappa shape index (κ2) is 7.61. The molecule has 1 amide bonds. The number of anilines is 1. The van der Waals surface area contributed by atoms with Crippen molar-refractivity contribution < 1.29 is 23.2 Å². The number of benzene rings is 1. The van der Waals surface area contributed by atoms with Crippen molar-refractivity contribution in [2.75, 3.05) is 11.5 Å². The van der Waals surface area contributed by atoms with E-state index in [1.54, 1.807) is 43.3 Å². The predicted molar refractivity (Wildman–Crippen MR) is 117 cm³/mol. The molecule has 4 heterocycles. The van der Waals surface area contributed by atoms with Gasteiger partial charge in [-0.15, -0.1) is 0 Å². The molecule has 5 rings (SSSR count). The fourth-order valence-electron chi connectivity index (χ4n) is 3.71. The zero-order valence-corrected chi connectivity index (χ0v) is 17.7. The Morgan fingerprint density at radius 3 is 2.84 bits per heavy atom. The number of hydrogen-bond acceptors (Lipinski definition) is 8. The van der Waals surface area contributed by atoms with Crippen molar-refractivity contribution in [1.29, 1.82) is 0 Å². The Balaban J connectivity index is 1.69. The predicted octanol–water partition coefficient (Wildman–Crippen LogP) is 4.24. The van der Waals surface area contributed by atoms with E-state index >= 15 is 0 Å². The Labute approximate surface area is 185 Å². The molecule has 0 N–H and O–H groups in total. The first-order chi connectivity index (χ1) is 15.5. The molecule has 0 radical (unpaired) electrons. The van der Waals surface area contributed by atoms with Crippen LogP contribution in [0.1, 0.15) is 43.3 Å². The fourth-order valence-corrected chi connectivity index (χ4v) is 4.70. The number of para-hydroxylation sites is 1. The number of aromatic nitrogens is 1. The average molecular weight is 448 g/mol. The molecule has 1 aliphatic rings. The summed E-state index contributed by atoms with van der Waals surface area (Å²) in [4.78, 5) is 45.2. The van der Waals surface area contributed by atoms with Gasteiger partial charge in [0.15, 0.2) is 10.6 Å². The maximum Gasteiger partial charge on any atom is 0.350 e. The first-order valence-electron chi connectivity index (χ1n) is 9.69. The van der Waals surface area contributed by atoms with E-state index in [9.17, 15) is 14.4 Å². The topological polar surface area (TPSA) is 103 Å². The van der Waals surface area contributed by atoms with Gasteiger partial charge in [-0.2, -0.15) is 0 Å². The molecule has 1 aliphatic heterocycles. The first-order valence-corrected chi connectivity index (χ1v) is 10.5. The molecule has 0 spiro atoms. The molecule has 0 saturated carbocycles. The molecule has 0 aliphatic carbocycles. The van der Waals surface area contributed by atoms with Crippen LogP contribution in [0, 0.1) is 6.92 Å². The highest BCUT2D eigenvalue weighted by Gasteiger charge is 2.46. The molecule has 160 valence electrons. The van der Waals surface area contributed by atoms with Crippen LogP contribution in [-0.2, 0) is 4.74 Å². The second-order valence-electron chi connectivity index (χ2n) is 7.06. The molecule has 1 aromatic carbocycles. The summed E-state index contributed by atoms with van der Waals surface area (Å²) in [5.41, 5.74) is 0.574. The van der Waals surface area contributed by atoms with E-state index in [1.807, 2.05) is 0 Å². The number of esters is 1. The quantitative estimate of drug-likeness (QED) is 0.332. The highest BCUT2D eigenvalue weighted by atomic mass is 32.1. The van der Waals surface area contributed by atoms with Gasteiger partial charge in [-0.25, -0.2) is 9.78 Å². The van der Waals surface area contributed by atoms with E-state index in [-0.39, 0.29) is 33.4 Å². The molecule has 1 atom stereocenters. The number of thiazole rings is 1. The van der Waals surface area contributed by atoms with Crippen LogP contribution in [0.15, 0.2) is 68.9 Å². The number of aryl methyl sites for hydroxylation is 1. The SMILES string of the molecule is C=CCOC(=O)c1sc(N2C(=O)c3oc4ccccc4c(=O)c3[C@@H]2c2ccco2)nc1C. The van der Waals surface area contributed by atoms with Crippen LogP contribution in [0.2, 0.25) is 0 Å². The smallest absolute Gasteiger partial charge is 0.350 e. The maximum absolute atomic E-state index is 13.4. The fraction of sp³-hybridized carbons (Fsp3) is 0.130. The van der Waals surface area contributed by atoms with Crippen LogP contribution in [-0.4, -0.2) is 23.5 Å². The van der Waals surface area contributed by atoms with Gasteiger partial charge in [-0.3, -0.25) is 14.5 Å². The Bertz CT molecular complexity index is 1430. The van der Waals surface area contributed by atoms with Crippen molar-refractivity contribution in [1.82, 2.24) is 4.98 Å². The zero-order chi connectivity index (χ0) is 22.4. The summed E-state index contributed by atoms with van der Waals surface area (Å²) in [6.07, 6.45) is 2.93. The Kier molecular flexibility index (Phi) is 4.75. The van der Waals surface area contributed by atoms with E-state index in [0.717, 1.165) is 11.3 Å². The summed E-state index contributed by atoms with van der Waals surface area (Å²) >= 11 is 1.00. The van der Waals surface area contributed by atoms with Crippen LogP contribution < -0.4 is 10.3 Å². The average Bonchev–Trinajstić information content (AvgIpc) is 3.51. The van der Waals surface area contributed by atoms with Gasteiger partial charge in [-0.05, 0) is 31.2 Å². The lowest BCUT2D eigenvalue weighted by Crippen LogP contribution is -2.29. The maximum atomic E-state index is 13.4. The molecule has 32 heavy (non-hydrogen) atoms. The summed E-state index contributed by atoms with van der Waals surface area (Å²) in [5.74, 6) is -0.795. The zero-order valence-electron chi connectivity index (χ0n) is 16.9. The summed E-state index contributed by atoms with van der Waals surface area (Å²) < 4.78 is 16.6. The number of hydrogen-bond donors (Lipinski definition) is 0. The molecule has 3 aromatic heterocycles. The minimum Gasteiger partial charge on any atom is -0.467 e. The Morgan fingerprint density at radius 1 is 1.28 bits per heavy atom. The van der Waals surface area contributed by atoms with E-state index in [2.05, 4.69) is 11.6 Å². The first kappa shape index (κ1) is 20.0. The van der Waals surface area contributed by atoms with Gasteiger partial charge >= 0.3 is 5.97 Å². The van der Waals surface area contributed by atoms with Gasteiger partial charge in [0.1, 0.15) is 28.9 Å². The lowest BCUT2D eigenvalue weighted by Gasteiger charge is -2.20. The van der Waals surface area contributed by atoms with Crippen molar-refractivity contribution in [3.05, 3.63) is 93.2 Å². The largest absolute Gasteiger partial charge is 0.467 e. The van der Waals surface area contributed by atoms with E-state index in [1.165, 1.54) is 17.2 Å². The van der Waals surface area contributed by atoms with Gasteiger partial charge in [0, 0.05) is 0 Å². The third-order valence-corrected chi connectivity index (χ3v) is 6.24. The number of furan rings is 1. The third kappa shape index (κ3) is 2.97. The molecule has 4 aromatic rings. The van der Waals surface area contributed by atoms with Crippen LogP contribution in [0.5, 0.6) is 0 Å². The van der Waals surface area contributed by atoms with Gasteiger partial charge in [0.05, 0.1) is 22.9 Å². The molecule has 0 unspecified atom stereocenters. The second-order valence-corrected chi connectivity index (χ2v) is 8.04. The van der Waals surface area contributed by atoms with Crippen molar-refractivity contribution in [2.24, 2.45) is 0 Å². The molecular weight excluding hydrogens is 432 g/mol. The molecular formula is C23H16N2O6S. The van der Waals surface area contributed by atoms with Gasteiger partial charge < -0.3 is 13.6 Å². The summed E-state index contributed by atoms with van der Waals surface area (Å²) in [6.45, 7) is 5.23. The van der Waals surface area contributed by atoms with E-state index < -0.39 is 17.9 Å². The normalized spacial score (nSPS) is 15.2. The number of amides is 1. The molecule has 8 nitrogen and oxygen atoms in total. The number of rotatable bonds is 5. The molecule has 0 fully saturated rings. The standard InChI is InChI=1S/C23H16N2O6S/c1-3-10-30-22(28)20-12(2)24-23(32-20)25-17(15-9-6-11-29-15)16-18(26)13-7-4-5-8-14(13)31-19(16)21(25)27/h3-9,11,17H,1,10H2,2H3/t17-/m0/s1. The van der Waals surface area contributed by atoms with Crippen LogP contribution >= 0.6 is 11.3 Å². The van der Waals surface area contributed by atoms with Gasteiger partial charge in [0.25, 0.3) is 5.91 Å². The van der Waals surface area contributed by atoms with E-state index in [0.29, 0.717) is 22.4 Å². The molecule has 9 heteroatoms. The lowest BCUT2D eigenvalue weighted by molar-refractivity contribution is 0.0554. The number of fused-ring (bicyclic) bond motifs is 2. The number of carbonyl (C=O) groups excluding carboxylic acids is 2. The van der Waals surface area contributed by atoms with Crippen molar-refractivity contribution in [2.45, 2.75) is 13.0 Å². The summed E-state index contributed by atoms with van der Waals surface area (Å²) in [5, 5.41) is 0.593. The van der Waals surface area contributed by atoms with Gasteiger partial charge in [-0.1, -0.05) is 36.1 Å². The Morgan fingerprint density at radius 2 is 2.09 bits per heavy atom. The number of nitrogens with zero attached hydrogens (tertiary/aromatic N) is 2. The summed E-state index contributed by atoms with van der Waals surface area (Å²) in [7, 11) is 0. The third-order valence-electron chi connectivity index (χ3n) is 5.10. The molecule has 0 bridgehead atoms. The molecule has 0 saturated heterocycles. The van der Waals surface area contributed by atoms with Crippen molar-refractivity contribution in [3.8, 4) is 0 Å². The monoisotopic (exact) mass is 448 g/mol. The lowest BCUT2D eigenvalue weighted by atomic mass is 10.0. The number of carbonyl (C=O) groups is 2. The summed E-state index contributed by atoms with van der Waals surface area (Å²) in [6, 6.07) is 9.21. The number of ether oxygens (including phenoxy) is 1.